The third-order valence-electron chi connectivity index (χ3n) is 4.25. The molecule has 2 atom stereocenters. The van der Waals surface area contributed by atoms with Crippen LogP contribution in [0.1, 0.15) is 44.6 Å². The van der Waals surface area contributed by atoms with E-state index in [1.54, 1.807) is 6.92 Å². The SMILES string of the molecule is Cc1c(N)cc(S(=O)(=O)NC2CCCC(C)CC2)cc1Cl. The van der Waals surface area contributed by atoms with Gasteiger partial charge in [-0.15, -0.1) is 0 Å². The normalized spacial score (nSPS) is 23.8. The number of nitrogens with two attached hydrogens (primary N) is 1. The fraction of sp³-hybridized carbons (Fsp3) is 0.600. The molecule has 0 amide bonds. The molecule has 2 rings (SSSR count). The number of rotatable bonds is 3. The van der Waals surface area contributed by atoms with Crippen LogP contribution in [0.25, 0.3) is 0 Å². The highest BCUT2D eigenvalue weighted by atomic mass is 35.5. The van der Waals surface area contributed by atoms with Crippen molar-refractivity contribution >= 4 is 27.3 Å². The first-order chi connectivity index (χ1) is 9.79. The van der Waals surface area contributed by atoms with Gasteiger partial charge < -0.3 is 5.73 Å². The average Bonchev–Trinajstić information content (AvgIpc) is 2.60. The number of benzene rings is 1. The van der Waals surface area contributed by atoms with Crippen LogP contribution in [-0.4, -0.2) is 14.5 Å². The van der Waals surface area contributed by atoms with E-state index < -0.39 is 10.0 Å². The van der Waals surface area contributed by atoms with E-state index in [2.05, 4.69) is 11.6 Å². The number of nitrogen functional groups attached to an aromatic ring is 1. The van der Waals surface area contributed by atoms with Crippen LogP contribution in [0.2, 0.25) is 5.02 Å². The van der Waals surface area contributed by atoms with Crippen LogP contribution in [0.5, 0.6) is 0 Å². The van der Waals surface area contributed by atoms with Gasteiger partial charge in [-0.05, 0) is 49.8 Å². The summed E-state index contributed by atoms with van der Waals surface area (Å²) in [4.78, 5) is 0.146. The van der Waals surface area contributed by atoms with E-state index in [0.717, 1.165) is 25.7 Å². The van der Waals surface area contributed by atoms with Gasteiger partial charge in [0.2, 0.25) is 10.0 Å². The summed E-state index contributed by atoms with van der Waals surface area (Å²) in [6, 6.07) is 2.94. The molecule has 0 spiro atoms. The Kier molecular flexibility index (Phi) is 5.17. The number of hydrogen-bond acceptors (Lipinski definition) is 3. The van der Waals surface area contributed by atoms with Gasteiger partial charge in [-0.1, -0.05) is 31.4 Å². The first-order valence-electron chi connectivity index (χ1n) is 7.37. The maximum Gasteiger partial charge on any atom is 0.240 e. The number of anilines is 1. The van der Waals surface area contributed by atoms with E-state index in [1.807, 2.05) is 0 Å². The molecule has 0 saturated heterocycles. The molecule has 1 aromatic carbocycles. The molecule has 0 radical (unpaired) electrons. The fourth-order valence-corrected chi connectivity index (χ4v) is 4.38. The Balaban J connectivity index is 2.18. The molecule has 1 aromatic rings. The van der Waals surface area contributed by atoms with Crippen LogP contribution < -0.4 is 10.5 Å². The van der Waals surface area contributed by atoms with E-state index in [1.165, 1.54) is 18.6 Å². The molecular formula is C15H23ClN2O2S. The van der Waals surface area contributed by atoms with Crippen molar-refractivity contribution in [1.82, 2.24) is 4.72 Å². The van der Waals surface area contributed by atoms with Gasteiger partial charge in [0.15, 0.2) is 0 Å². The predicted octanol–water partition coefficient (Wildman–Crippen LogP) is 3.48. The molecule has 1 saturated carbocycles. The van der Waals surface area contributed by atoms with Crippen molar-refractivity contribution in [2.24, 2.45) is 5.92 Å². The minimum Gasteiger partial charge on any atom is -0.398 e. The monoisotopic (exact) mass is 330 g/mol. The lowest BCUT2D eigenvalue weighted by Crippen LogP contribution is -2.34. The van der Waals surface area contributed by atoms with Gasteiger partial charge in [0.1, 0.15) is 0 Å². The Morgan fingerprint density at radius 3 is 2.62 bits per heavy atom. The Bertz CT molecular complexity index is 593. The second-order valence-electron chi connectivity index (χ2n) is 6.05. The summed E-state index contributed by atoms with van der Waals surface area (Å²) in [5.74, 6) is 0.670. The van der Waals surface area contributed by atoms with E-state index in [-0.39, 0.29) is 10.9 Å². The van der Waals surface area contributed by atoms with Gasteiger partial charge in [0.25, 0.3) is 0 Å². The zero-order chi connectivity index (χ0) is 15.6. The molecule has 0 aliphatic heterocycles. The zero-order valence-corrected chi connectivity index (χ0v) is 14.1. The van der Waals surface area contributed by atoms with Crippen molar-refractivity contribution in [2.45, 2.75) is 56.9 Å². The minimum atomic E-state index is -3.57. The Hall–Kier alpha value is -0.780. The lowest BCUT2D eigenvalue weighted by molar-refractivity contribution is 0.484. The van der Waals surface area contributed by atoms with E-state index in [9.17, 15) is 8.42 Å². The number of halogens is 1. The van der Waals surface area contributed by atoms with Crippen molar-refractivity contribution in [2.75, 3.05) is 5.73 Å². The molecular weight excluding hydrogens is 308 g/mol. The Morgan fingerprint density at radius 1 is 1.24 bits per heavy atom. The van der Waals surface area contributed by atoms with Crippen molar-refractivity contribution in [3.8, 4) is 0 Å². The first-order valence-corrected chi connectivity index (χ1v) is 9.23. The molecule has 0 aromatic heterocycles. The van der Waals surface area contributed by atoms with E-state index >= 15 is 0 Å². The highest BCUT2D eigenvalue weighted by Crippen LogP contribution is 2.27. The summed E-state index contributed by atoms with van der Waals surface area (Å²) in [6.07, 6.45) is 5.06. The van der Waals surface area contributed by atoms with Crippen LogP contribution in [0.15, 0.2) is 17.0 Å². The second kappa shape index (κ2) is 6.55. The Morgan fingerprint density at radius 2 is 1.95 bits per heavy atom. The van der Waals surface area contributed by atoms with Crippen LogP contribution >= 0.6 is 11.6 Å². The molecule has 6 heteroatoms. The topological polar surface area (TPSA) is 72.2 Å². The standard InChI is InChI=1S/C15H23ClN2O2S/c1-10-4-3-5-12(7-6-10)18-21(19,20)13-8-14(16)11(2)15(17)9-13/h8-10,12,18H,3-7,17H2,1-2H3. The molecule has 4 nitrogen and oxygen atoms in total. The van der Waals surface area contributed by atoms with Gasteiger partial charge in [-0.2, -0.15) is 0 Å². The summed E-state index contributed by atoms with van der Waals surface area (Å²) >= 11 is 6.04. The molecule has 1 aliphatic carbocycles. The van der Waals surface area contributed by atoms with Gasteiger partial charge in [-0.3, -0.25) is 0 Å². The van der Waals surface area contributed by atoms with Crippen LogP contribution in [0.4, 0.5) is 5.69 Å². The highest BCUT2D eigenvalue weighted by molar-refractivity contribution is 7.89. The van der Waals surface area contributed by atoms with Crippen LogP contribution in [0, 0.1) is 12.8 Å². The molecule has 21 heavy (non-hydrogen) atoms. The van der Waals surface area contributed by atoms with Gasteiger partial charge in [0, 0.05) is 16.8 Å². The van der Waals surface area contributed by atoms with Crippen molar-refractivity contribution < 1.29 is 8.42 Å². The van der Waals surface area contributed by atoms with Crippen molar-refractivity contribution in [1.29, 1.82) is 0 Å². The summed E-state index contributed by atoms with van der Waals surface area (Å²) in [7, 11) is -3.57. The van der Waals surface area contributed by atoms with Gasteiger partial charge >= 0.3 is 0 Å². The molecule has 1 aliphatic rings. The summed E-state index contributed by atoms with van der Waals surface area (Å²) < 4.78 is 27.8. The summed E-state index contributed by atoms with van der Waals surface area (Å²) in [6.45, 7) is 3.99. The number of sulfonamides is 1. The first kappa shape index (κ1) is 16.6. The molecule has 2 unspecified atom stereocenters. The highest BCUT2D eigenvalue weighted by Gasteiger charge is 2.23. The molecule has 118 valence electrons. The van der Waals surface area contributed by atoms with Crippen molar-refractivity contribution in [3.05, 3.63) is 22.7 Å². The van der Waals surface area contributed by atoms with Crippen molar-refractivity contribution in [3.63, 3.8) is 0 Å². The number of nitrogens with one attached hydrogen (secondary N) is 1. The maximum absolute atomic E-state index is 12.5. The fourth-order valence-electron chi connectivity index (χ4n) is 2.72. The summed E-state index contributed by atoms with van der Waals surface area (Å²) in [5, 5.41) is 0.380. The van der Waals surface area contributed by atoms with Gasteiger partial charge in [-0.25, -0.2) is 13.1 Å². The second-order valence-corrected chi connectivity index (χ2v) is 8.17. The quantitative estimate of drug-likeness (QED) is 0.658. The van der Waals surface area contributed by atoms with E-state index in [4.69, 9.17) is 17.3 Å². The Labute approximate surface area is 132 Å². The molecule has 0 heterocycles. The lowest BCUT2D eigenvalue weighted by Gasteiger charge is -2.17. The predicted molar refractivity (Wildman–Crippen MR) is 87.0 cm³/mol. The molecule has 1 fully saturated rings. The maximum atomic E-state index is 12.5. The lowest BCUT2D eigenvalue weighted by atomic mass is 10.0. The molecule has 3 N–H and O–H groups in total. The van der Waals surface area contributed by atoms with Crippen LogP contribution in [0.3, 0.4) is 0 Å². The zero-order valence-electron chi connectivity index (χ0n) is 12.5. The summed E-state index contributed by atoms with van der Waals surface area (Å²) in [5.41, 5.74) is 6.93. The van der Waals surface area contributed by atoms with Crippen LogP contribution in [-0.2, 0) is 10.0 Å². The number of hydrogen-bond donors (Lipinski definition) is 2. The third-order valence-corrected chi connectivity index (χ3v) is 6.14. The van der Waals surface area contributed by atoms with E-state index in [0.29, 0.717) is 22.2 Å². The van der Waals surface area contributed by atoms with Gasteiger partial charge in [0.05, 0.1) is 4.90 Å². The smallest absolute Gasteiger partial charge is 0.240 e. The molecule has 0 bridgehead atoms. The largest absolute Gasteiger partial charge is 0.398 e. The third kappa shape index (κ3) is 4.11. The minimum absolute atomic E-state index is 0.00116. The average molecular weight is 331 g/mol.